The van der Waals surface area contributed by atoms with E-state index >= 15 is 0 Å². The maximum absolute atomic E-state index is 13.2. The molecule has 192 valence electrons. The average molecular weight is 515 g/mol. The van der Waals surface area contributed by atoms with Crippen molar-refractivity contribution in [3.8, 4) is 0 Å². The van der Waals surface area contributed by atoms with Crippen LogP contribution in [0.4, 0.5) is 15.4 Å². The number of nitrogens with two attached hydrogens (primary N) is 1. The van der Waals surface area contributed by atoms with E-state index in [0.717, 1.165) is 49.6 Å². The number of imide groups is 1. The van der Waals surface area contributed by atoms with Gasteiger partial charge in [0.05, 0.1) is 0 Å². The highest BCUT2D eigenvalue weighted by Gasteiger charge is 2.37. The molecule has 10 nitrogen and oxygen atoms in total. The van der Waals surface area contributed by atoms with Crippen molar-refractivity contribution in [2.24, 2.45) is 0 Å². The molecule has 0 saturated carbocycles. The lowest BCUT2D eigenvalue weighted by Crippen LogP contribution is -2.56. The minimum absolute atomic E-state index is 0.163. The topological polar surface area (TPSA) is 116 Å². The maximum Gasteiger partial charge on any atom is 0.326 e. The summed E-state index contributed by atoms with van der Waals surface area (Å²) in [6, 6.07) is 4.59. The lowest BCUT2D eigenvalue weighted by molar-refractivity contribution is -0.701. The van der Waals surface area contributed by atoms with Gasteiger partial charge < -0.3 is 20.9 Å². The molecule has 3 aliphatic heterocycles. The number of halogens is 1. The molecule has 5 rings (SSSR count). The van der Waals surface area contributed by atoms with Crippen molar-refractivity contribution in [3.63, 3.8) is 0 Å². The predicted octanol–water partition coefficient (Wildman–Crippen LogP) is 2.70. The van der Waals surface area contributed by atoms with E-state index in [4.69, 9.17) is 17.3 Å². The highest BCUT2D eigenvalue weighted by atomic mass is 35.5. The number of likely N-dealkylation sites (tertiary alicyclic amines) is 3. The number of nitrogens with zero attached hydrogens (tertiary/aromatic N) is 5. The molecular weight excluding hydrogens is 482 g/mol. The van der Waals surface area contributed by atoms with E-state index in [1.54, 1.807) is 15.9 Å². The third-order valence-electron chi connectivity index (χ3n) is 7.48. The summed E-state index contributed by atoms with van der Waals surface area (Å²) in [5.41, 5.74) is 7.73. The third kappa shape index (κ3) is 5.04. The monoisotopic (exact) mass is 514 g/mol. The molecule has 3 fully saturated rings. The fourth-order valence-electron chi connectivity index (χ4n) is 5.52. The van der Waals surface area contributed by atoms with Gasteiger partial charge in [-0.3, -0.25) is 9.69 Å². The van der Waals surface area contributed by atoms with Crippen LogP contribution in [-0.4, -0.2) is 76.4 Å². The van der Waals surface area contributed by atoms with E-state index in [-0.39, 0.29) is 24.0 Å². The highest BCUT2D eigenvalue weighted by Crippen LogP contribution is 2.23. The Bertz CT molecular complexity index is 1160. The normalized spacial score (nSPS) is 21.6. The van der Waals surface area contributed by atoms with Crippen LogP contribution in [-0.2, 0) is 4.79 Å². The molecule has 1 atom stereocenters. The zero-order chi connectivity index (χ0) is 25.2. The summed E-state index contributed by atoms with van der Waals surface area (Å²) in [4.78, 5) is 48.4. The molecule has 0 radical (unpaired) electrons. The lowest BCUT2D eigenvalue weighted by Gasteiger charge is -2.32. The molecule has 3 N–H and O–H groups in total. The van der Waals surface area contributed by atoms with Crippen molar-refractivity contribution in [1.29, 1.82) is 0 Å². The van der Waals surface area contributed by atoms with Crippen molar-refractivity contribution >= 4 is 46.4 Å². The van der Waals surface area contributed by atoms with E-state index in [1.165, 1.54) is 4.90 Å². The summed E-state index contributed by atoms with van der Waals surface area (Å²) in [6.45, 7) is 2.91. The first-order valence-corrected chi connectivity index (χ1v) is 13.2. The number of carbonyl (C=O) groups excluding carboxylic acids is 3. The molecule has 0 aliphatic carbocycles. The summed E-state index contributed by atoms with van der Waals surface area (Å²) < 4.78 is 2.12. The molecule has 3 saturated heterocycles. The van der Waals surface area contributed by atoms with E-state index < -0.39 is 6.04 Å². The first-order valence-electron chi connectivity index (χ1n) is 12.8. The quantitative estimate of drug-likeness (QED) is 0.598. The van der Waals surface area contributed by atoms with Gasteiger partial charge in [-0.1, -0.05) is 11.6 Å². The summed E-state index contributed by atoms with van der Waals surface area (Å²) in [7, 11) is 0. The largest absolute Gasteiger partial charge is 0.379 e. The summed E-state index contributed by atoms with van der Waals surface area (Å²) >= 11 is 6.13. The number of hydrogen-bond acceptors (Lipinski definition) is 5. The fraction of sp³-hybridized carbons (Fsp3) is 0.560. The van der Waals surface area contributed by atoms with Crippen LogP contribution in [0.2, 0.25) is 5.02 Å². The molecule has 5 amide bonds. The molecule has 0 bridgehead atoms. The van der Waals surface area contributed by atoms with Crippen molar-refractivity contribution in [2.45, 2.75) is 57.0 Å². The molecule has 11 heteroatoms. The average Bonchev–Trinajstić information content (AvgIpc) is 3.35. The molecule has 1 aromatic carbocycles. The number of aromatic nitrogens is 2. The smallest absolute Gasteiger partial charge is 0.326 e. The summed E-state index contributed by atoms with van der Waals surface area (Å²) in [5, 5.41) is 3.53. The Kier molecular flexibility index (Phi) is 7.13. The molecule has 36 heavy (non-hydrogen) atoms. The second kappa shape index (κ2) is 10.5. The van der Waals surface area contributed by atoms with E-state index in [1.807, 2.05) is 18.3 Å². The van der Waals surface area contributed by atoms with Crippen LogP contribution in [0.3, 0.4) is 0 Å². The first-order chi connectivity index (χ1) is 17.4. The van der Waals surface area contributed by atoms with E-state index in [2.05, 4.69) is 14.9 Å². The van der Waals surface area contributed by atoms with Gasteiger partial charge in [-0.15, -0.1) is 0 Å². The van der Waals surface area contributed by atoms with Crippen LogP contribution in [0.25, 0.3) is 11.0 Å². The van der Waals surface area contributed by atoms with Crippen LogP contribution < -0.4 is 15.6 Å². The molecule has 4 heterocycles. The standard InChI is InChI=1S/C25H32ClN7O3/c26-17-6-7-21-20(15-17)28-22(27)16-33(21)18-8-13-30(14-9-18)24(35)29-19-5-1-2-12-32(23(19)34)25(36)31-10-3-4-11-31/h6-7,15-16,18-19H,1-5,8-14H2,(H2-,27,28,29,35)/p+1/t19-/m0/s1. The Labute approximate surface area is 215 Å². The van der Waals surface area contributed by atoms with Crippen molar-refractivity contribution < 1.29 is 19.0 Å². The number of piperidine rings is 1. The van der Waals surface area contributed by atoms with Crippen LogP contribution >= 0.6 is 11.6 Å². The first kappa shape index (κ1) is 24.5. The Morgan fingerprint density at radius 3 is 2.47 bits per heavy atom. The third-order valence-corrected chi connectivity index (χ3v) is 7.71. The fourth-order valence-corrected chi connectivity index (χ4v) is 5.68. The van der Waals surface area contributed by atoms with Gasteiger partial charge in [0.25, 0.3) is 5.91 Å². The van der Waals surface area contributed by atoms with E-state index in [0.29, 0.717) is 50.0 Å². The van der Waals surface area contributed by atoms with Crippen LogP contribution in [0, 0.1) is 0 Å². The number of benzene rings is 1. The second-order valence-electron chi connectivity index (χ2n) is 9.89. The number of rotatable bonds is 2. The number of hydrogen-bond donors (Lipinski definition) is 2. The SMILES string of the molecule is Nc1c[n+](C2CCN(C(=O)N[C@H]3CCCCN(C(=O)N4CCCC4)C3=O)CC2)c2ccc(Cl)cc2n1. The maximum atomic E-state index is 13.2. The van der Waals surface area contributed by atoms with Gasteiger partial charge in [0.1, 0.15) is 11.6 Å². The summed E-state index contributed by atoms with van der Waals surface area (Å²) in [5.74, 6) is 0.130. The highest BCUT2D eigenvalue weighted by molar-refractivity contribution is 6.31. The number of amides is 5. The van der Waals surface area contributed by atoms with Gasteiger partial charge in [0, 0.05) is 56.7 Å². The number of urea groups is 2. The number of nitrogen functional groups attached to an aromatic ring is 1. The second-order valence-corrected chi connectivity index (χ2v) is 10.3. The summed E-state index contributed by atoms with van der Waals surface area (Å²) in [6.07, 6.45) is 7.37. The minimum atomic E-state index is -0.674. The van der Waals surface area contributed by atoms with Crippen molar-refractivity contribution in [3.05, 3.63) is 29.4 Å². The Hall–Kier alpha value is -3.14. The lowest BCUT2D eigenvalue weighted by atomic mass is 10.0. The van der Waals surface area contributed by atoms with Crippen LogP contribution in [0.15, 0.2) is 24.4 Å². The molecular formula is C25H33ClN7O3+. The molecule has 2 aromatic rings. The Morgan fingerprint density at radius 2 is 1.72 bits per heavy atom. The van der Waals surface area contributed by atoms with Crippen LogP contribution in [0.1, 0.15) is 51.0 Å². The predicted molar refractivity (Wildman–Crippen MR) is 135 cm³/mol. The molecule has 3 aliphatic rings. The number of nitrogens with one attached hydrogen (secondary N) is 1. The van der Waals surface area contributed by atoms with Gasteiger partial charge in [0.2, 0.25) is 11.7 Å². The Morgan fingerprint density at radius 1 is 1.00 bits per heavy atom. The van der Waals surface area contributed by atoms with Gasteiger partial charge >= 0.3 is 12.1 Å². The van der Waals surface area contributed by atoms with Crippen LogP contribution in [0.5, 0.6) is 0 Å². The minimum Gasteiger partial charge on any atom is -0.379 e. The van der Waals surface area contributed by atoms with Crippen molar-refractivity contribution in [2.75, 3.05) is 38.5 Å². The van der Waals surface area contributed by atoms with Gasteiger partial charge in [-0.05, 0) is 44.2 Å². The van der Waals surface area contributed by atoms with Gasteiger partial charge in [0.15, 0.2) is 11.9 Å². The molecule has 0 spiro atoms. The number of fused-ring (bicyclic) bond motifs is 1. The van der Waals surface area contributed by atoms with E-state index in [9.17, 15) is 14.4 Å². The van der Waals surface area contributed by atoms with Gasteiger partial charge in [-0.25, -0.2) is 14.6 Å². The van der Waals surface area contributed by atoms with Crippen molar-refractivity contribution in [1.82, 2.24) is 25.0 Å². The van der Waals surface area contributed by atoms with Gasteiger partial charge in [-0.2, -0.15) is 4.57 Å². The number of anilines is 1. The zero-order valence-electron chi connectivity index (χ0n) is 20.4. The zero-order valence-corrected chi connectivity index (χ0v) is 21.1. The Balaban J connectivity index is 1.22. The molecule has 0 unspecified atom stereocenters. The number of carbonyl (C=O) groups is 3. The molecule has 1 aromatic heterocycles.